The number of nitrogen functional groups attached to an aromatic ring is 1. The van der Waals surface area contributed by atoms with Crippen molar-refractivity contribution < 1.29 is 33.4 Å². The molecule has 0 bridgehead atoms. The van der Waals surface area contributed by atoms with Gasteiger partial charge in [-0.2, -0.15) is 0 Å². The second-order valence-electron chi connectivity index (χ2n) is 3.19. The van der Waals surface area contributed by atoms with Crippen molar-refractivity contribution in [1.29, 1.82) is 0 Å². The minimum Gasteiger partial charge on any atom is -0.465 e. The molecular weight excluding hydrogens is 272 g/mol. The third-order valence-corrected chi connectivity index (χ3v) is 4.86. The average molecular weight is 283 g/mol. The molecule has 1 aromatic rings. The smallest absolute Gasteiger partial charge is 0.378 e. The Balaban J connectivity index is 3.00. The van der Waals surface area contributed by atoms with Gasteiger partial charge in [0.05, 0.1) is 0 Å². The molecule has 0 saturated heterocycles. The molecule has 0 aromatic heterocycles. The number of anilines is 1. The van der Waals surface area contributed by atoms with Gasteiger partial charge in [-0.25, -0.2) is 0 Å². The monoisotopic (exact) mass is 283 g/mol. The van der Waals surface area contributed by atoms with Crippen LogP contribution in [0.25, 0.3) is 0 Å². The Bertz CT molecular complexity index is 454. The van der Waals surface area contributed by atoms with Crippen LogP contribution in [0.3, 0.4) is 0 Å². The van der Waals surface area contributed by atoms with Gasteiger partial charge in [0.15, 0.2) is 0 Å². The van der Waals surface area contributed by atoms with Gasteiger partial charge in [0.2, 0.25) is 0 Å². The van der Waals surface area contributed by atoms with Crippen LogP contribution in [0.4, 0.5) is 5.69 Å². The number of rotatable bonds is 4. The summed E-state index contributed by atoms with van der Waals surface area (Å²) in [5, 5.41) is 0. The number of ether oxygens (including phenoxy) is 1. The van der Waals surface area contributed by atoms with Crippen LogP contribution in [0, 0.1) is 0 Å². The summed E-state index contributed by atoms with van der Waals surface area (Å²) in [7, 11) is -10.2. The first-order valence-electron chi connectivity index (χ1n) is 4.23. The van der Waals surface area contributed by atoms with Crippen molar-refractivity contribution in [2.75, 3.05) is 5.73 Å². The van der Waals surface area contributed by atoms with Crippen molar-refractivity contribution in [2.45, 2.75) is 5.59 Å². The van der Waals surface area contributed by atoms with Crippen LogP contribution in [0.2, 0.25) is 0 Å². The van der Waals surface area contributed by atoms with E-state index in [1.54, 1.807) is 0 Å². The van der Waals surface area contributed by atoms with Crippen LogP contribution in [-0.4, -0.2) is 25.2 Å². The Morgan fingerprint density at radius 3 is 1.76 bits per heavy atom. The highest BCUT2D eigenvalue weighted by atomic mass is 31.2. The zero-order valence-corrected chi connectivity index (χ0v) is 10.2. The quantitative estimate of drug-likeness (QED) is 0.390. The first kappa shape index (κ1) is 14.2. The molecule has 0 amide bonds. The second kappa shape index (κ2) is 4.78. The van der Waals surface area contributed by atoms with Crippen molar-refractivity contribution in [1.82, 2.24) is 0 Å². The van der Waals surface area contributed by atoms with Crippen LogP contribution in [-0.2, 0) is 9.13 Å². The highest BCUT2D eigenvalue weighted by Gasteiger charge is 2.45. The van der Waals surface area contributed by atoms with E-state index in [0.717, 1.165) is 0 Å². The highest BCUT2D eigenvalue weighted by molar-refractivity contribution is 7.70. The van der Waals surface area contributed by atoms with Crippen LogP contribution < -0.4 is 10.5 Å². The van der Waals surface area contributed by atoms with Crippen molar-refractivity contribution >= 4 is 20.9 Å². The van der Waals surface area contributed by atoms with Gasteiger partial charge in [0.1, 0.15) is 5.75 Å². The highest BCUT2D eigenvalue weighted by Crippen LogP contribution is 2.60. The first-order valence-corrected chi connectivity index (χ1v) is 7.59. The van der Waals surface area contributed by atoms with Gasteiger partial charge in [0, 0.05) is 5.69 Å². The average Bonchev–Trinajstić information content (AvgIpc) is 2.13. The van der Waals surface area contributed by atoms with Gasteiger partial charge in [0.25, 0.3) is 5.59 Å². The van der Waals surface area contributed by atoms with E-state index in [-0.39, 0.29) is 5.75 Å². The fourth-order valence-electron chi connectivity index (χ4n) is 1.00. The lowest BCUT2D eigenvalue weighted by Gasteiger charge is -2.20. The minimum atomic E-state index is -5.09. The molecule has 17 heavy (non-hydrogen) atoms. The van der Waals surface area contributed by atoms with E-state index in [9.17, 15) is 9.13 Å². The number of benzene rings is 1. The minimum absolute atomic E-state index is 0.101. The molecular formula is C7H11NO7P2. The normalized spacial score (nSPS) is 12.8. The predicted molar refractivity (Wildman–Crippen MR) is 59.4 cm³/mol. The van der Waals surface area contributed by atoms with Gasteiger partial charge in [-0.1, -0.05) is 0 Å². The number of hydrogen-bond donors (Lipinski definition) is 5. The maximum Gasteiger partial charge on any atom is 0.378 e. The lowest BCUT2D eigenvalue weighted by molar-refractivity contribution is 0.236. The third-order valence-electron chi connectivity index (χ3n) is 1.70. The molecule has 0 radical (unpaired) electrons. The van der Waals surface area contributed by atoms with E-state index in [1.807, 2.05) is 0 Å². The van der Waals surface area contributed by atoms with Crippen molar-refractivity contribution in [3.8, 4) is 5.75 Å². The van der Waals surface area contributed by atoms with Crippen LogP contribution in [0.15, 0.2) is 24.3 Å². The van der Waals surface area contributed by atoms with Gasteiger partial charge >= 0.3 is 15.2 Å². The van der Waals surface area contributed by atoms with E-state index in [1.165, 1.54) is 24.3 Å². The topological polar surface area (TPSA) is 150 Å². The maximum atomic E-state index is 10.9. The Kier molecular flexibility index (Phi) is 3.99. The molecule has 0 spiro atoms. The Morgan fingerprint density at radius 2 is 1.41 bits per heavy atom. The molecule has 10 heteroatoms. The summed E-state index contributed by atoms with van der Waals surface area (Å²) in [6.07, 6.45) is 0. The van der Waals surface area contributed by atoms with Gasteiger partial charge in [-0.05, 0) is 24.3 Å². The van der Waals surface area contributed by atoms with E-state index >= 15 is 0 Å². The van der Waals surface area contributed by atoms with E-state index < -0.39 is 20.8 Å². The molecule has 0 aliphatic heterocycles. The standard InChI is InChI=1S/C7H11NO7P2/c8-5-1-3-6(4-2-5)15-7(16(9,10)11)17(12,13)14/h1-4,7H,8H2,(H2,9,10,11)(H2,12,13,14). The molecule has 0 atom stereocenters. The van der Waals surface area contributed by atoms with Crippen molar-refractivity contribution in [3.63, 3.8) is 0 Å². The molecule has 0 fully saturated rings. The van der Waals surface area contributed by atoms with Gasteiger partial charge in [-0.3, -0.25) is 9.13 Å². The van der Waals surface area contributed by atoms with Crippen LogP contribution in [0.5, 0.6) is 5.75 Å². The molecule has 0 heterocycles. The number of hydrogen-bond acceptors (Lipinski definition) is 4. The molecule has 96 valence electrons. The SMILES string of the molecule is Nc1ccc(OC(P(=O)(O)O)P(=O)(O)O)cc1. The third kappa shape index (κ3) is 4.12. The number of nitrogens with two attached hydrogens (primary N) is 1. The van der Waals surface area contributed by atoms with E-state index in [4.69, 9.17) is 25.3 Å². The summed E-state index contributed by atoms with van der Waals surface area (Å²) in [5.41, 5.74) is 3.23. The summed E-state index contributed by atoms with van der Waals surface area (Å²) in [4.78, 5) is 35.2. The lowest BCUT2D eigenvalue weighted by Crippen LogP contribution is -2.17. The molecule has 1 rings (SSSR count). The summed E-state index contributed by atoms with van der Waals surface area (Å²) in [6.45, 7) is 0. The molecule has 0 saturated carbocycles. The summed E-state index contributed by atoms with van der Waals surface area (Å²) in [6, 6.07) is 5.22. The van der Waals surface area contributed by atoms with Gasteiger partial charge in [-0.15, -0.1) is 0 Å². The zero-order chi connectivity index (χ0) is 13.3. The summed E-state index contributed by atoms with van der Waals surface area (Å²) in [5.74, 6) is -0.101. The Hall–Kier alpha value is -0.880. The van der Waals surface area contributed by atoms with E-state index in [0.29, 0.717) is 5.69 Å². The van der Waals surface area contributed by atoms with Crippen molar-refractivity contribution in [2.24, 2.45) is 0 Å². The Labute approximate surface area is 96.4 Å². The largest absolute Gasteiger partial charge is 0.465 e. The Morgan fingerprint density at radius 1 is 1.00 bits per heavy atom. The summed E-state index contributed by atoms with van der Waals surface area (Å²) >= 11 is 0. The molecule has 1 aromatic carbocycles. The lowest BCUT2D eigenvalue weighted by atomic mass is 10.3. The summed E-state index contributed by atoms with van der Waals surface area (Å²) < 4.78 is 26.4. The zero-order valence-electron chi connectivity index (χ0n) is 8.37. The fourth-order valence-corrected chi connectivity index (χ4v) is 3.09. The van der Waals surface area contributed by atoms with Crippen LogP contribution in [0.1, 0.15) is 0 Å². The maximum absolute atomic E-state index is 10.9. The van der Waals surface area contributed by atoms with Crippen molar-refractivity contribution in [3.05, 3.63) is 24.3 Å². The predicted octanol–water partition coefficient (Wildman–Crippen LogP) is 0.287. The van der Waals surface area contributed by atoms with Crippen LogP contribution >= 0.6 is 15.2 Å². The molecule has 6 N–H and O–H groups in total. The first-order chi connectivity index (χ1) is 7.60. The molecule has 0 unspecified atom stereocenters. The second-order valence-corrected chi connectivity index (χ2v) is 6.89. The molecule has 0 aliphatic rings. The fraction of sp³-hybridized carbons (Fsp3) is 0.143. The molecule has 0 aliphatic carbocycles. The van der Waals surface area contributed by atoms with E-state index in [2.05, 4.69) is 4.74 Å². The van der Waals surface area contributed by atoms with Gasteiger partial charge < -0.3 is 30.0 Å². The molecule has 8 nitrogen and oxygen atoms in total.